The topological polar surface area (TPSA) is 89.3 Å². The third-order valence-electron chi connectivity index (χ3n) is 5.64. The van der Waals surface area contributed by atoms with Crippen LogP contribution in [0.1, 0.15) is 11.4 Å². The number of benzene rings is 2. The van der Waals surface area contributed by atoms with Gasteiger partial charge in [-0.15, -0.1) is 0 Å². The minimum atomic E-state index is -4.47. The van der Waals surface area contributed by atoms with E-state index in [0.29, 0.717) is 34.4 Å². The molecule has 0 saturated carbocycles. The molecule has 0 amide bonds. The fourth-order valence-corrected chi connectivity index (χ4v) is 5.06. The lowest BCUT2D eigenvalue weighted by molar-refractivity contribution is -0.139. The molecular formula is C24H25ClF3N5O3S. The fraction of sp³-hybridized carbons (Fsp3) is 0.333. The van der Waals surface area contributed by atoms with Gasteiger partial charge in [0.25, 0.3) is 0 Å². The molecule has 0 spiro atoms. The Morgan fingerprint density at radius 2 is 1.86 bits per heavy atom. The second kappa shape index (κ2) is 9.99. The molecule has 4 aromatic rings. The summed E-state index contributed by atoms with van der Waals surface area (Å²) in [5.74, 6) is 0.543. The van der Waals surface area contributed by atoms with E-state index in [9.17, 15) is 21.6 Å². The van der Waals surface area contributed by atoms with E-state index in [-0.39, 0.29) is 27.9 Å². The number of hydrogen-bond donors (Lipinski definition) is 1. The molecule has 13 heteroatoms. The zero-order valence-corrected chi connectivity index (χ0v) is 22.1. The number of ether oxygens (including phenoxy) is 1. The van der Waals surface area contributed by atoms with Crippen molar-refractivity contribution in [2.45, 2.75) is 30.7 Å². The SMILES string of the molecule is COc1cc(S(C)(=O)=O)ccc1NCc1nc(Cl)c2c(n1)c1cc(CN(C)C)ccc1n2CC(F)(F)F. The average Bonchev–Trinajstić information content (AvgIpc) is 3.08. The molecule has 0 aliphatic rings. The highest BCUT2D eigenvalue weighted by molar-refractivity contribution is 7.90. The number of alkyl halides is 3. The number of halogens is 4. The van der Waals surface area contributed by atoms with Gasteiger partial charge in [0, 0.05) is 24.3 Å². The predicted octanol–water partition coefficient (Wildman–Crippen LogP) is 4.89. The second-order valence-electron chi connectivity index (χ2n) is 8.91. The van der Waals surface area contributed by atoms with Crippen LogP contribution < -0.4 is 10.1 Å². The number of anilines is 1. The van der Waals surface area contributed by atoms with E-state index >= 15 is 0 Å². The monoisotopic (exact) mass is 555 g/mol. The van der Waals surface area contributed by atoms with Gasteiger partial charge < -0.3 is 19.5 Å². The molecule has 8 nitrogen and oxygen atoms in total. The van der Waals surface area contributed by atoms with Gasteiger partial charge in [0.1, 0.15) is 29.2 Å². The van der Waals surface area contributed by atoms with Crippen molar-refractivity contribution in [2.75, 3.05) is 32.8 Å². The quantitative estimate of drug-likeness (QED) is 0.310. The molecule has 4 rings (SSSR count). The maximum Gasteiger partial charge on any atom is 0.406 e. The molecule has 0 bridgehead atoms. The lowest BCUT2D eigenvalue weighted by Gasteiger charge is -2.13. The Labute approximate surface area is 216 Å². The summed E-state index contributed by atoms with van der Waals surface area (Å²) in [7, 11) is 1.78. The molecule has 0 saturated heterocycles. The highest BCUT2D eigenvalue weighted by atomic mass is 35.5. The zero-order valence-electron chi connectivity index (χ0n) is 20.5. The third kappa shape index (κ3) is 5.91. The van der Waals surface area contributed by atoms with Gasteiger partial charge in [-0.05, 0) is 43.9 Å². The maximum absolute atomic E-state index is 13.4. The summed E-state index contributed by atoms with van der Waals surface area (Å²) in [5.41, 5.74) is 2.18. The highest BCUT2D eigenvalue weighted by Gasteiger charge is 2.31. The normalized spacial score (nSPS) is 12.6. The molecule has 0 aliphatic heterocycles. The minimum Gasteiger partial charge on any atom is -0.495 e. The fourth-order valence-electron chi connectivity index (χ4n) is 4.14. The first-order chi connectivity index (χ1) is 17.3. The number of nitrogens with zero attached hydrogens (tertiary/aromatic N) is 4. The summed E-state index contributed by atoms with van der Waals surface area (Å²) in [4.78, 5) is 10.9. The smallest absolute Gasteiger partial charge is 0.406 e. The van der Waals surface area contributed by atoms with Crippen LogP contribution in [0.4, 0.5) is 18.9 Å². The van der Waals surface area contributed by atoms with E-state index in [0.717, 1.165) is 16.4 Å². The summed E-state index contributed by atoms with van der Waals surface area (Å²) in [6.45, 7) is -0.573. The Morgan fingerprint density at radius 1 is 1.14 bits per heavy atom. The van der Waals surface area contributed by atoms with E-state index in [4.69, 9.17) is 16.3 Å². The third-order valence-corrected chi connectivity index (χ3v) is 7.01. The largest absolute Gasteiger partial charge is 0.495 e. The van der Waals surface area contributed by atoms with Crippen molar-refractivity contribution in [2.24, 2.45) is 0 Å². The van der Waals surface area contributed by atoms with Crippen LogP contribution in [0, 0.1) is 0 Å². The van der Waals surface area contributed by atoms with Crippen molar-refractivity contribution in [1.29, 1.82) is 0 Å². The molecule has 198 valence electrons. The Balaban J connectivity index is 1.78. The number of hydrogen-bond acceptors (Lipinski definition) is 7. The van der Waals surface area contributed by atoms with Crippen molar-refractivity contribution >= 4 is 49.1 Å². The van der Waals surface area contributed by atoms with Crippen molar-refractivity contribution < 1.29 is 26.3 Å². The molecule has 0 aliphatic carbocycles. The van der Waals surface area contributed by atoms with Crippen LogP contribution >= 0.6 is 11.6 Å². The summed E-state index contributed by atoms with van der Waals surface area (Å²) in [6.07, 6.45) is -3.38. The number of nitrogens with one attached hydrogen (secondary N) is 1. The summed E-state index contributed by atoms with van der Waals surface area (Å²) < 4.78 is 70.4. The van der Waals surface area contributed by atoms with Crippen molar-refractivity contribution in [3.63, 3.8) is 0 Å². The van der Waals surface area contributed by atoms with Gasteiger partial charge in [0.05, 0.1) is 29.8 Å². The van der Waals surface area contributed by atoms with Gasteiger partial charge in [-0.3, -0.25) is 0 Å². The van der Waals surface area contributed by atoms with Crippen LogP contribution in [0.25, 0.3) is 21.9 Å². The van der Waals surface area contributed by atoms with Gasteiger partial charge in [-0.25, -0.2) is 18.4 Å². The summed E-state index contributed by atoms with van der Waals surface area (Å²) in [5, 5.41) is 3.52. The van der Waals surface area contributed by atoms with Crippen LogP contribution in [-0.2, 0) is 29.5 Å². The van der Waals surface area contributed by atoms with Crippen LogP contribution in [0.15, 0.2) is 41.3 Å². The van der Waals surface area contributed by atoms with E-state index in [1.54, 1.807) is 18.2 Å². The Hall–Kier alpha value is -3.09. The molecule has 0 fully saturated rings. The zero-order chi connectivity index (χ0) is 27.1. The summed E-state index contributed by atoms with van der Waals surface area (Å²) >= 11 is 6.44. The number of methoxy groups -OCH3 is 1. The first-order valence-corrected chi connectivity index (χ1v) is 13.3. The Bertz CT molecular complexity index is 1590. The van der Waals surface area contributed by atoms with Crippen molar-refractivity contribution in [3.05, 3.63) is 52.9 Å². The first-order valence-electron chi connectivity index (χ1n) is 11.1. The molecule has 0 atom stereocenters. The van der Waals surface area contributed by atoms with E-state index in [2.05, 4.69) is 15.3 Å². The maximum atomic E-state index is 13.4. The predicted molar refractivity (Wildman–Crippen MR) is 137 cm³/mol. The van der Waals surface area contributed by atoms with Gasteiger partial charge in [-0.2, -0.15) is 13.2 Å². The Kier molecular flexibility index (Phi) is 7.28. The van der Waals surface area contributed by atoms with Crippen LogP contribution in [-0.4, -0.2) is 61.5 Å². The minimum absolute atomic E-state index is 0.0631. The van der Waals surface area contributed by atoms with E-state index in [1.807, 2.05) is 25.1 Å². The standard InChI is InChI=1S/C24H25ClF3N5O3S/c1-32(2)12-14-5-8-18-16(9-14)21-22(33(18)13-24(26,27)28)23(25)31-20(30-21)11-29-17-7-6-15(37(4,34)35)10-19(17)36-3/h5-10,29H,11-13H2,1-4H3. The van der Waals surface area contributed by atoms with Crippen LogP contribution in [0.3, 0.4) is 0 Å². The van der Waals surface area contributed by atoms with Gasteiger partial charge >= 0.3 is 6.18 Å². The summed E-state index contributed by atoms with van der Waals surface area (Å²) in [6, 6.07) is 9.63. The number of aromatic nitrogens is 3. The van der Waals surface area contributed by atoms with Crippen LogP contribution in [0.2, 0.25) is 5.15 Å². The lowest BCUT2D eigenvalue weighted by atomic mass is 10.1. The second-order valence-corrected chi connectivity index (χ2v) is 11.3. The molecule has 1 N–H and O–H groups in total. The Morgan fingerprint density at radius 3 is 2.49 bits per heavy atom. The van der Waals surface area contributed by atoms with Gasteiger partial charge in [0.2, 0.25) is 0 Å². The number of rotatable bonds is 8. The van der Waals surface area contributed by atoms with E-state index in [1.165, 1.54) is 19.2 Å². The van der Waals surface area contributed by atoms with Crippen molar-refractivity contribution in [3.8, 4) is 5.75 Å². The lowest BCUT2D eigenvalue weighted by Crippen LogP contribution is -2.18. The first kappa shape index (κ1) is 27.0. The van der Waals surface area contributed by atoms with Crippen molar-refractivity contribution in [1.82, 2.24) is 19.4 Å². The molecule has 2 aromatic carbocycles. The van der Waals surface area contributed by atoms with Crippen LogP contribution in [0.5, 0.6) is 5.75 Å². The highest BCUT2D eigenvalue weighted by Crippen LogP contribution is 2.35. The molecule has 2 aromatic heterocycles. The van der Waals surface area contributed by atoms with E-state index < -0.39 is 22.6 Å². The number of sulfone groups is 1. The van der Waals surface area contributed by atoms with Gasteiger partial charge in [-0.1, -0.05) is 17.7 Å². The molecule has 37 heavy (non-hydrogen) atoms. The molecule has 2 heterocycles. The molecule has 0 unspecified atom stereocenters. The molecular weight excluding hydrogens is 531 g/mol. The molecule has 0 radical (unpaired) electrons. The average molecular weight is 556 g/mol. The van der Waals surface area contributed by atoms with Gasteiger partial charge in [0.15, 0.2) is 15.0 Å². The number of fused-ring (bicyclic) bond motifs is 3.